The van der Waals surface area contributed by atoms with E-state index in [4.69, 9.17) is 0 Å². The molecule has 0 amide bonds. The molecule has 114 valence electrons. The van der Waals surface area contributed by atoms with Crippen molar-refractivity contribution in [1.29, 1.82) is 0 Å². The molecule has 0 unspecified atom stereocenters. The highest BCUT2D eigenvalue weighted by Crippen LogP contribution is 2.21. The molecule has 0 saturated heterocycles. The summed E-state index contributed by atoms with van der Waals surface area (Å²) in [6.07, 6.45) is 10.4. The number of unbranched alkanes of at least 4 members (excludes halogenated alkanes) is 4. The van der Waals surface area contributed by atoms with Gasteiger partial charge in [0.25, 0.3) is 0 Å². The number of hydrogen-bond donors (Lipinski definition) is 1. The zero-order valence-electron chi connectivity index (χ0n) is 13.2. The van der Waals surface area contributed by atoms with Crippen LogP contribution in [-0.2, 0) is 0 Å². The van der Waals surface area contributed by atoms with E-state index in [9.17, 15) is 0 Å². The maximum absolute atomic E-state index is 4.47. The van der Waals surface area contributed by atoms with Gasteiger partial charge in [-0.25, -0.2) is 4.98 Å². The van der Waals surface area contributed by atoms with Crippen molar-refractivity contribution in [3.8, 4) is 0 Å². The Bertz CT molecular complexity index is 369. The third-order valence-electron chi connectivity index (χ3n) is 3.72. The van der Waals surface area contributed by atoms with E-state index in [1.54, 1.807) is 0 Å². The number of aryl methyl sites for hydroxylation is 1. The lowest BCUT2D eigenvalue weighted by molar-refractivity contribution is 0.526. The summed E-state index contributed by atoms with van der Waals surface area (Å²) in [6.45, 7) is 6.60. The maximum Gasteiger partial charge on any atom is 0.106 e. The van der Waals surface area contributed by atoms with Gasteiger partial charge in [0, 0.05) is 6.04 Å². The van der Waals surface area contributed by atoms with Gasteiger partial charge in [-0.15, -0.1) is 0 Å². The van der Waals surface area contributed by atoms with Crippen molar-refractivity contribution < 1.29 is 0 Å². The molecule has 0 atom stereocenters. The summed E-state index contributed by atoms with van der Waals surface area (Å²) < 4.78 is 0.911. The minimum Gasteiger partial charge on any atom is -0.381 e. The molecular weight excluding hydrogens is 312 g/mol. The zero-order chi connectivity index (χ0) is 14.8. The predicted molar refractivity (Wildman–Crippen MR) is 92.4 cm³/mol. The number of rotatable bonds is 10. The van der Waals surface area contributed by atoms with Crippen molar-refractivity contribution in [2.75, 3.05) is 5.32 Å². The molecule has 0 radical (unpaired) electrons. The molecule has 1 aromatic heterocycles. The first-order valence-electron chi connectivity index (χ1n) is 8.07. The summed E-state index contributed by atoms with van der Waals surface area (Å²) >= 11 is 3.43. The Morgan fingerprint density at radius 2 is 1.65 bits per heavy atom. The Morgan fingerprint density at radius 3 is 2.15 bits per heavy atom. The average Bonchev–Trinajstić information content (AvgIpc) is 2.42. The second kappa shape index (κ2) is 10.2. The summed E-state index contributed by atoms with van der Waals surface area (Å²) in [6, 6.07) is 4.75. The molecule has 20 heavy (non-hydrogen) atoms. The fourth-order valence-corrected chi connectivity index (χ4v) is 2.87. The first-order chi connectivity index (χ1) is 9.67. The highest BCUT2D eigenvalue weighted by atomic mass is 79.9. The van der Waals surface area contributed by atoms with Crippen LogP contribution in [0.15, 0.2) is 16.7 Å². The standard InChI is InChI=1S/C17H29BrN2/c1-4-6-8-10-15(11-9-7-5-2)20-16-12-13-17(18)19-14(16)3/h12-13,15,20H,4-11H2,1-3H3. The molecule has 0 aliphatic carbocycles. The lowest BCUT2D eigenvalue weighted by atomic mass is 10.0. The lowest BCUT2D eigenvalue weighted by Gasteiger charge is -2.21. The van der Waals surface area contributed by atoms with Gasteiger partial charge < -0.3 is 5.32 Å². The van der Waals surface area contributed by atoms with Gasteiger partial charge >= 0.3 is 0 Å². The topological polar surface area (TPSA) is 24.9 Å². The summed E-state index contributed by atoms with van der Waals surface area (Å²) in [5.41, 5.74) is 2.27. The van der Waals surface area contributed by atoms with Crippen molar-refractivity contribution in [2.24, 2.45) is 0 Å². The summed E-state index contributed by atoms with van der Waals surface area (Å²) in [5, 5.41) is 3.71. The van der Waals surface area contributed by atoms with Gasteiger partial charge in [0.2, 0.25) is 0 Å². The number of anilines is 1. The summed E-state index contributed by atoms with van der Waals surface area (Å²) in [4.78, 5) is 4.47. The van der Waals surface area contributed by atoms with Crippen LogP contribution in [0.25, 0.3) is 0 Å². The molecule has 1 rings (SSSR count). The van der Waals surface area contributed by atoms with Crippen molar-refractivity contribution in [1.82, 2.24) is 4.98 Å². The van der Waals surface area contributed by atoms with Crippen LogP contribution < -0.4 is 5.32 Å². The molecule has 0 bridgehead atoms. The van der Waals surface area contributed by atoms with Crippen LogP contribution in [0.3, 0.4) is 0 Å². The summed E-state index contributed by atoms with van der Waals surface area (Å²) in [7, 11) is 0. The normalized spacial score (nSPS) is 11.1. The van der Waals surface area contributed by atoms with Crippen LogP contribution in [0.1, 0.15) is 70.9 Å². The van der Waals surface area contributed by atoms with Gasteiger partial charge in [-0.1, -0.05) is 52.4 Å². The number of pyridine rings is 1. The van der Waals surface area contributed by atoms with Crippen molar-refractivity contribution in [2.45, 2.75) is 78.2 Å². The van der Waals surface area contributed by atoms with Gasteiger partial charge in [-0.2, -0.15) is 0 Å². The van der Waals surface area contributed by atoms with Crippen molar-refractivity contribution in [3.63, 3.8) is 0 Å². The highest BCUT2D eigenvalue weighted by Gasteiger charge is 2.10. The minimum atomic E-state index is 0.592. The highest BCUT2D eigenvalue weighted by molar-refractivity contribution is 9.10. The average molecular weight is 341 g/mol. The van der Waals surface area contributed by atoms with Crippen molar-refractivity contribution >= 4 is 21.6 Å². The van der Waals surface area contributed by atoms with Gasteiger partial charge in [0.1, 0.15) is 4.60 Å². The largest absolute Gasteiger partial charge is 0.381 e. The Hall–Kier alpha value is -0.570. The Morgan fingerprint density at radius 1 is 1.05 bits per heavy atom. The van der Waals surface area contributed by atoms with Gasteiger partial charge in [-0.3, -0.25) is 0 Å². The molecule has 3 heteroatoms. The minimum absolute atomic E-state index is 0.592. The van der Waals surface area contributed by atoms with Crippen LogP contribution in [0, 0.1) is 6.92 Å². The molecule has 0 aromatic carbocycles. The van der Waals surface area contributed by atoms with E-state index < -0.39 is 0 Å². The molecule has 0 saturated carbocycles. The maximum atomic E-state index is 4.47. The SMILES string of the molecule is CCCCCC(CCCCC)Nc1ccc(Br)nc1C. The van der Waals surface area contributed by atoms with Crippen LogP contribution in [-0.4, -0.2) is 11.0 Å². The molecule has 0 aliphatic rings. The third-order valence-corrected chi connectivity index (χ3v) is 4.17. The van der Waals surface area contributed by atoms with E-state index in [1.165, 1.54) is 57.1 Å². The number of nitrogens with one attached hydrogen (secondary N) is 1. The second-order valence-electron chi connectivity index (χ2n) is 5.60. The van der Waals surface area contributed by atoms with Gasteiger partial charge in [0.05, 0.1) is 11.4 Å². The molecule has 2 nitrogen and oxygen atoms in total. The second-order valence-corrected chi connectivity index (χ2v) is 6.41. The van der Waals surface area contributed by atoms with Crippen LogP contribution in [0.2, 0.25) is 0 Å². The number of nitrogens with zero attached hydrogens (tertiary/aromatic N) is 1. The third kappa shape index (κ3) is 6.74. The molecule has 1 aromatic rings. The molecule has 0 spiro atoms. The molecule has 0 fully saturated rings. The monoisotopic (exact) mass is 340 g/mol. The quantitative estimate of drug-likeness (QED) is 0.411. The van der Waals surface area contributed by atoms with Crippen LogP contribution in [0.5, 0.6) is 0 Å². The van der Waals surface area contributed by atoms with E-state index >= 15 is 0 Å². The molecular formula is C17H29BrN2. The molecule has 0 aliphatic heterocycles. The lowest BCUT2D eigenvalue weighted by Crippen LogP contribution is -2.20. The van der Waals surface area contributed by atoms with Crippen LogP contribution in [0.4, 0.5) is 5.69 Å². The smallest absolute Gasteiger partial charge is 0.106 e. The van der Waals surface area contributed by atoms with Gasteiger partial charge in [0.15, 0.2) is 0 Å². The number of aromatic nitrogens is 1. The Balaban J connectivity index is 2.56. The van der Waals surface area contributed by atoms with E-state index in [2.05, 4.69) is 53.1 Å². The Kier molecular flexibility index (Phi) is 8.92. The fraction of sp³-hybridized carbons (Fsp3) is 0.706. The van der Waals surface area contributed by atoms with E-state index in [0.717, 1.165) is 10.3 Å². The van der Waals surface area contributed by atoms with E-state index in [-0.39, 0.29) is 0 Å². The number of hydrogen-bond acceptors (Lipinski definition) is 2. The van der Waals surface area contributed by atoms with E-state index in [1.807, 2.05) is 6.07 Å². The van der Waals surface area contributed by atoms with Crippen LogP contribution >= 0.6 is 15.9 Å². The molecule has 1 heterocycles. The summed E-state index contributed by atoms with van der Waals surface area (Å²) in [5.74, 6) is 0. The fourth-order valence-electron chi connectivity index (χ4n) is 2.47. The first-order valence-corrected chi connectivity index (χ1v) is 8.86. The predicted octanol–water partition coefficient (Wildman–Crippen LogP) is 6.09. The van der Waals surface area contributed by atoms with E-state index in [0.29, 0.717) is 6.04 Å². The number of halogens is 1. The zero-order valence-corrected chi connectivity index (χ0v) is 14.8. The van der Waals surface area contributed by atoms with Gasteiger partial charge in [-0.05, 0) is 47.8 Å². The molecule has 1 N–H and O–H groups in total. The first kappa shape index (κ1) is 17.5. The van der Waals surface area contributed by atoms with Crippen molar-refractivity contribution in [3.05, 3.63) is 22.4 Å². The Labute approximate surface area is 132 Å².